The van der Waals surface area contributed by atoms with Crippen molar-refractivity contribution in [1.29, 1.82) is 0 Å². The van der Waals surface area contributed by atoms with Gasteiger partial charge in [-0.25, -0.2) is 27.3 Å². The number of aromatic nitrogens is 1. The summed E-state index contributed by atoms with van der Waals surface area (Å²) in [4.78, 5) is 15.9. The highest BCUT2D eigenvalue weighted by Crippen LogP contribution is 2.51. The van der Waals surface area contributed by atoms with Gasteiger partial charge in [-0.15, -0.1) is 0 Å². The maximum absolute atomic E-state index is 13.2. The molecule has 2 aliphatic rings. The SMILES string of the molecule is NS(=O)(=O)c1cc(NC(=O)[C@@H]2CC2C2CCC(F)(F)CC2)ccn1. The fourth-order valence-electron chi connectivity index (χ4n) is 3.41. The molecule has 3 rings (SSSR count). The van der Waals surface area contributed by atoms with Crippen molar-refractivity contribution in [3.05, 3.63) is 18.3 Å². The van der Waals surface area contributed by atoms with Crippen molar-refractivity contribution < 1.29 is 22.0 Å². The highest BCUT2D eigenvalue weighted by atomic mass is 32.2. The summed E-state index contributed by atoms with van der Waals surface area (Å²) in [6.07, 6.45) is 2.63. The summed E-state index contributed by atoms with van der Waals surface area (Å²) in [6.45, 7) is 0. The number of hydrogen-bond acceptors (Lipinski definition) is 4. The van der Waals surface area contributed by atoms with Crippen molar-refractivity contribution in [3.63, 3.8) is 0 Å². The molecule has 1 aromatic heterocycles. The fourth-order valence-corrected chi connectivity index (χ4v) is 3.90. The molecule has 2 aliphatic carbocycles. The van der Waals surface area contributed by atoms with E-state index < -0.39 is 15.9 Å². The molecule has 2 fully saturated rings. The number of halogens is 2. The number of anilines is 1. The highest BCUT2D eigenvalue weighted by molar-refractivity contribution is 7.89. The monoisotopic (exact) mass is 359 g/mol. The van der Waals surface area contributed by atoms with Gasteiger partial charge in [-0.05, 0) is 37.2 Å². The van der Waals surface area contributed by atoms with Crippen molar-refractivity contribution in [2.24, 2.45) is 22.9 Å². The van der Waals surface area contributed by atoms with Crippen LogP contribution in [0, 0.1) is 17.8 Å². The van der Waals surface area contributed by atoms with E-state index in [0.717, 1.165) is 0 Å². The van der Waals surface area contributed by atoms with E-state index in [9.17, 15) is 22.0 Å². The van der Waals surface area contributed by atoms with Gasteiger partial charge in [0.1, 0.15) is 0 Å². The van der Waals surface area contributed by atoms with Crippen LogP contribution in [0.4, 0.5) is 14.5 Å². The van der Waals surface area contributed by atoms with Crippen LogP contribution in [0.15, 0.2) is 23.4 Å². The second kappa shape index (κ2) is 6.03. The Kier molecular flexibility index (Phi) is 4.33. The molecule has 1 aromatic rings. The van der Waals surface area contributed by atoms with Crippen molar-refractivity contribution in [3.8, 4) is 0 Å². The zero-order valence-electron chi connectivity index (χ0n) is 12.9. The Hall–Kier alpha value is -1.61. The normalized spacial score (nSPS) is 26.8. The quantitative estimate of drug-likeness (QED) is 0.859. The number of amides is 1. The van der Waals surface area contributed by atoms with Crippen LogP contribution in [0.3, 0.4) is 0 Å². The Morgan fingerprint density at radius 2 is 2.00 bits per heavy atom. The third-order valence-electron chi connectivity index (χ3n) is 4.84. The average molecular weight is 359 g/mol. The van der Waals surface area contributed by atoms with Crippen LogP contribution in [0.25, 0.3) is 0 Å². The van der Waals surface area contributed by atoms with Crippen molar-refractivity contribution in [2.45, 2.75) is 43.1 Å². The van der Waals surface area contributed by atoms with Crippen molar-refractivity contribution in [2.75, 3.05) is 5.32 Å². The van der Waals surface area contributed by atoms with E-state index in [1.54, 1.807) is 0 Å². The number of nitrogens with one attached hydrogen (secondary N) is 1. The molecule has 3 N–H and O–H groups in total. The number of carbonyl (C=O) groups is 1. The van der Waals surface area contributed by atoms with E-state index in [1.165, 1.54) is 18.3 Å². The minimum absolute atomic E-state index is 0.107. The predicted octanol–water partition coefficient (Wildman–Crippen LogP) is 2.13. The van der Waals surface area contributed by atoms with E-state index in [0.29, 0.717) is 24.9 Å². The Bertz CT molecular complexity index is 744. The van der Waals surface area contributed by atoms with Gasteiger partial charge in [-0.1, -0.05) is 0 Å². The van der Waals surface area contributed by atoms with E-state index in [2.05, 4.69) is 10.3 Å². The second-order valence-electron chi connectivity index (χ2n) is 6.62. The van der Waals surface area contributed by atoms with Crippen molar-refractivity contribution >= 4 is 21.6 Å². The molecule has 1 heterocycles. The molecule has 1 unspecified atom stereocenters. The summed E-state index contributed by atoms with van der Waals surface area (Å²) in [6, 6.07) is 2.68. The highest BCUT2D eigenvalue weighted by Gasteiger charge is 2.50. The number of carbonyl (C=O) groups excluding carboxylic acids is 1. The number of nitrogens with zero attached hydrogens (tertiary/aromatic N) is 1. The molecule has 0 saturated heterocycles. The summed E-state index contributed by atoms with van der Waals surface area (Å²) in [5.74, 6) is -2.68. The Morgan fingerprint density at radius 1 is 1.33 bits per heavy atom. The maximum atomic E-state index is 13.2. The van der Waals surface area contributed by atoms with Gasteiger partial charge in [0.25, 0.3) is 10.0 Å². The van der Waals surface area contributed by atoms with E-state index >= 15 is 0 Å². The number of pyridine rings is 1. The largest absolute Gasteiger partial charge is 0.326 e. The summed E-state index contributed by atoms with van der Waals surface area (Å²) < 4.78 is 48.9. The van der Waals surface area contributed by atoms with Gasteiger partial charge in [0.2, 0.25) is 11.8 Å². The van der Waals surface area contributed by atoms with E-state index in [1.807, 2.05) is 0 Å². The number of rotatable bonds is 4. The van der Waals surface area contributed by atoms with Gasteiger partial charge >= 0.3 is 0 Å². The number of primary sulfonamides is 1. The minimum atomic E-state index is -3.94. The summed E-state index contributed by atoms with van der Waals surface area (Å²) in [5.41, 5.74) is 0.305. The first-order valence-electron chi connectivity index (χ1n) is 7.83. The smallest absolute Gasteiger partial charge is 0.255 e. The molecule has 0 bridgehead atoms. The maximum Gasteiger partial charge on any atom is 0.255 e. The summed E-state index contributed by atoms with van der Waals surface area (Å²) >= 11 is 0. The molecule has 2 saturated carbocycles. The first-order chi connectivity index (χ1) is 11.2. The Labute approximate surface area is 138 Å². The number of alkyl halides is 2. The number of nitrogens with two attached hydrogens (primary N) is 1. The van der Waals surface area contributed by atoms with Crippen LogP contribution in [0.1, 0.15) is 32.1 Å². The molecule has 2 atom stereocenters. The molecule has 0 spiro atoms. The number of hydrogen-bond donors (Lipinski definition) is 2. The molecule has 9 heteroatoms. The first-order valence-corrected chi connectivity index (χ1v) is 9.38. The number of sulfonamides is 1. The lowest BCUT2D eigenvalue weighted by Crippen LogP contribution is -2.26. The minimum Gasteiger partial charge on any atom is -0.326 e. The molecule has 0 aliphatic heterocycles. The average Bonchev–Trinajstić information content (AvgIpc) is 3.27. The molecule has 0 radical (unpaired) electrons. The third kappa shape index (κ3) is 3.89. The van der Waals surface area contributed by atoms with Gasteiger partial charge in [0, 0.05) is 36.7 Å². The lowest BCUT2D eigenvalue weighted by molar-refractivity contribution is -0.117. The molecule has 6 nitrogen and oxygen atoms in total. The van der Waals surface area contributed by atoms with Crippen molar-refractivity contribution in [1.82, 2.24) is 4.98 Å². The molecule has 24 heavy (non-hydrogen) atoms. The first kappa shape index (κ1) is 17.2. The van der Waals surface area contributed by atoms with Gasteiger partial charge < -0.3 is 5.32 Å². The van der Waals surface area contributed by atoms with Gasteiger partial charge in [0.15, 0.2) is 5.03 Å². The van der Waals surface area contributed by atoms with E-state index in [-0.39, 0.29) is 41.5 Å². The fraction of sp³-hybridized carbons (Fsp3) is 0.600. The molecular weight excluding hydrogens is 340 g/mol. The lowest BCUT2D eigenvalue weighted by Gasteiger charge is -2.28. The Morgan fingerprint density at radius 3 is 2.62 bits per heavy atom. The Balaban J connectivity index is 1.58. The van der Waals surface area contributed by atoms with Crippen LogP contribution < -0.4 is 10.5 Å². The summed E-state index contributed by atoms with van der Waals surface area (Å²) in [5, 5.41) is 7.34. The molecular formula is C15H19F2N3O3S. The molecule has 1 amide bonds. The second-order valence-corrected chi connectivity index (χ2v) is 8.12. The van der Waals surface area contributed by atoms with Gasteiger partial charge in [-0.3, -0.25) is 4.79 Å². The summed E-state index contributed by atoms with van der Waals surface area (Å²) in [7, 11) is -3.94. The van der Waals surface area contributed by atoms with Crippen LogP contribution >= 0.6 is 0 Å². The topological polar surface area (TPSA) is 102 Å². The zero-order chi connectivity index (χ0) is 17.5. The predicted molar refractivity (Wildman–Crippen MR) is 82.7 cm³/mol. The molecule has 0 aromatic carbocycles. The van der Waals surface area contributed by atoms with Crippen LogP contribution in [-0.4, -0.2) is 25.2 Å². The van der Waals surface area contributed by atoms with E-state index in [4.69, 9.17) is 5.14 Å². The zero-order valence-corrected chi connectivity index (χ0v) is 13.7. The molecule has 132 valence electrons. The third-order valence-corrected chi connectivity index (χ3v) is 5.64. The van der Waals surface area contributed by atoms with Crippen LogP contribution in [0.5, 0.6) is 0 Å². The standard InChI is InChI=1S/C15H19F2N3O3S/c16-15(17)4-1-9(2-5-15)11-8-12(11)14(21)20-10-3-6-19-13(7-10)24(18,22)23/h3,6-7,9,11-12H,1-2,4-5,8H2,(H2,18,22,23)(H,19,20,21)/t11?,12-/m1/s1. The lowest BCUT2D eigenvalue weighted by atomic mass is 9.83. The van der Waals surface area contributed by atoms with Crippen LogP contribution in [0.2, 0.25) is 0 Å². The van der Waals surface area contributed by atoms with Crippen LogP contribution in [-0.2, 0) is 14.8 Å². The van der Waals surface area contributed by atoms with Gasteiger partial charge in [0.05, 0.1) is 0 Å². The van der Waals surface area contributed by atoms with Gasteiger partial charge in [-0.2, -0.15) is 0 Å².